The smallest absolute Gasteiger partial charge is 0.270 e. The monoisotopic (exact) mass is 391 g/mol. The van der Waals surface area contributed by atoms with Crippen LogP contribution in [0.25, 0.3) is 10.9 Å². The summed E-state index contributed by atoms with van der Waals surface area (Å²) >= 11 is 11.8. The van der Waals surface area contributed by atoms with Crippen LogP contribution in [0, 0.1) is 10.1 Å². The Hall–Kier alpha value is -2.90. The van der Waals surface area contributed by atoms with Crippen molar-refractivity contribution in [3.05, 3.63) is 79.0 Å². The number of nitro groups is 1. The van der Waals surface area contributed by atoms with Gasteiger partial charge in [-0.25, -0.2) is 0 Å². The van der Waals surface area contributed by atoms with Gasteiger partial charge < -0.3 is 5.32 Å². The highest BCUT2D eigenvalue weighted by atomic mass is 35.5. The minimum atomic E-state index is -0.524. The van der Waals surface area contributed by atoms with Crippen molar-refractivity contribution in [2.45, 2.75) is 6.54 Å². The Labute approximate surface area is 156 Å². The van der Waals surface area contributed by atoms with Gasteiger partial charge in [-0.05, 0) is 30.3 Å². The SMILES string of the molecule is O=C(Cn1c(=O)ccc2cc([N+](=O)[O-])ccc21)Nc1ccc(Cl)cc1Cl. The summed E-state index contributed by atoms with van der Waals surface area (Å²) in [7, 11) is 0. The fourth-order valence-corrected chi connectivity index (χ4v) is 2.95. The minimum Gasteiger partial charge on any atom is -0.323 e. The molecule has 0 aliphatic carbocycles. The van der Waals surface area contributed by atoms with Crippen molar-refractivity contribution in [1.29, 1.82) is 0 Å². The van der Waals surface area contributed by atoms with Gasteiger partial charge in [-0.1, -0.05) is 23.2 Å². The molecule has 132 valence electrons. The van der Waals surface area contributed by atoms with Gasteiger partial charge in [-0.15, -0.1) is 0 Å². The molecule has 2 aromatic carbocycles. The standard InChI is InChI=1S/C17H11Cl2N3O4/c18-11-2-4-14(13(19)8-11)20-16(23)9-21-15-5-3-12(22(25)26)7-10(15)1-6-17(21)24/h1-8H,9H2,(H,20,23). The Morgan fingerprint density at radius 1 is 1.12 bits per heavy atom. The van der Waals surface area contributed by atoms with Crippen molar-refractivity contribution in [3.63, 3.8) is 0 Å². The topological polar surface area (TPSA) is 94.2 Å². The van der Waals surface area contributed by atoms with Crippen molar-refractivity contribution >= 4 is 51.4 Å². The number of carbonyl (C=O) groups excluding carboxylic acids is 1. The summed E-state index contributed by atoms with van der Waals surface area (Å²) in [5, 5.41) is 14.7. The first-order valence-electron chi connectivity index (χ1n) is 7.38. The maximum Gasteiger partial charge on any atom is 0.270 e. The number of fused-ring (bicyclic) bond motifs is 1. The number of hydrogen-bond acceptors (Lipinski definition) is 4. The maximum atomic E-state index is 12.3. The third kappa shape index (κ3) is 3.68. The number of nitro benzene ring substituents is 1. The van der Waals surface area contributed by atoms with Crippen LogP contribution in [0.5, 0.6) is 0 Å². The van der Waals surface area contributed by atoms with Crippen LogP contribution in [0.4, 0.5) is 11.4 Å². The summed E-state index contributed by atoms with van der Waals surface area (Å²) in [5.74, 6) is -0.470. The van der Waals surface area contributed by atoms with Crippen LogP contribution >= 0.6 is 23.2 Å². The zero-order valence-electron chi connectivity index (χ0n) is 13.1. The molecule has 1 amide bonds. The first-order chi connectivity index (χ1) is 12.3. The van der Waals surface area contributed by atoms with Gasteiger partial charge in [0.15, 0.2) is 0 Å². The third-order valence-electron chi connectivity index (χ3n) is 3.69. The van der Waals surface area contributed by atoms with Crippen LogP contribution in [-0.2, 0) is 11.3 Å². The maximum absolute atomic E-state index is 12.3. The van der Waals surface area contributed by atoms with Crippen LogP contribution < -0.4 is 10.9 Å². The molecule has 0 radical (unpaired) electrons. The van der Waals surface area contributed by atoms with E-state index >= 15 is 0 Å². The number of anilines is 1. The highest BCUT2D eigenvalue weighted by Crippen LogP contribution is 2.25. The van der Waals surface area contributed by atoms with E-state index in [-0.39, 0.29) is 17.3 Å². The summed E-state index contributed by atoms with van der Waals surface area (Å²) in [6, 6.07) is 11.4. The van der Waals surface area contributed by atoms with Crippen LogP contribution in [0.2, 0.25) is 10.0 Å². The van der Waals surface area contributed by atoms with Crippen LogP contribution in [0.15, 0.2) is 53.3 Å². The lowest BCUT2D eigenvalue weighted by molar-refractivity contribution is -0.384. The lowest BCUT2D eigenvalue weighted by Gasteiger charge is -2.11. The molecule has 3 aromatic rings. The molecule has 1 heterocycles. The van der Waals surface area contributed by atoms with Crippen molar-refractivity contribution < 1.29 is 9.72 Å². The van der Waals surface area contributed by atoms with E-state index < -0.39 is 16.4 Å². The lowest BCUT2D eigenvalue weighted by atomic mass is 10.2. The molecule has 9 heteroatoms. The number of carbonyl (C=O) groups is 1. The number of halogens is 2. The first-order valence-corrected chi connectivity index (χ1v) is 8.13. The molecule has 3 rings (SSSR count). The lowest BCUT2D eigenvalue weighted by Crippen LogP contribution is -2.27. The molecule has 0 spiro atoms. The zero-order valence-corrected chi connectivity index (χ0v) is 14.6. The molecule has 0 fully saturated rings. The average Bonchev–Trinajstić information content (AvgIpc) is 2.59. The predicted octanol–water partition coefficient (Wildman–Crippen LogP) is 3.86. The molecule has 1 N–H and O–H groups in total. The molecule has 1 aromatic heterocycles. The summed E-state index contributed by atoms with van der Waals surface area (Å²) in [4.78, 5) is 34.8. The number of aromatic nitrogens is 1. The van der Waals surface area contributed by atoms with E-state index in [2.05, 4.69) is 5.32 Å². The third-order valence-corrected chi connectivity index (χ3v) is 4.24. The van der Waals surface area contributed by atoms with E-state index in [1.54, 1.807) is 12.1 Å². The second-order valence-corrected chi connectivity index (χ2v) is 6.27. The molecule has 0 saturated carbocycles. The second kappa shape index (κ2) is 7.15. The van der Waals surface area contributed by atoms with Gasteiger partial charge in [-0.3, -0.25) is 24.3 Å². The predicted molar refractivity (Wildman–Crippen MR) is 100.0 cm³/mol. The Morgan fingerprint density at radius 3 is 2.58 bits per heavy atom. The molecular formula is C17H11Cl2N3O4. The molecule has 0 unspecified atom stereocenters. The van der Waals surface area contributed by atoms with Gasteiger partial charge in [0, 0.05) is 28.6 Å². The largest absolute Gasteiger partial charge is 0.323 e. The minimum absolute atomic E-state index is 0.0971. The van der Waals surface area contributed by atoms with Crippen molar-refractivity contribution in [3.8, 4) is 0 Å². The molecule has 7 nitrogen and oxygen atoms in total. The molecule has 0 saturated heterocycles. The number of pyridine rings is 1. The van der Waals surface area contributed by atoms with Crippen molar-refractivity contribution in [2.24, 2.45) is 0 Å². The van der Waals surface area contributed by atoms with E-state index in [1.165, 1.54) is 41.0 Å². The molecule has 0 atom stereocenters. The van der Waals surface area contributed by atoms with E-state index in [9.17, 15) is 19.7 Å². The number of rotatable bonds is 4. The number of nitrogens with zero attached hydrogens (tertiary/aromatic N) is 2. The Bertz CT molecular complexity index is 1100. The fourth-order valence-electron chi connectivity index (χ4n) is 2.49. The summed E-state index contributed by atoms with van der Waals surface area (Å²) in [6.07, 6.45) is 0. The zero-order chi connectivity index (χ0) is 18.8. The van der Waals surface area contributed by atoms with Gasteiger partial charge in [0.1, 0.15) is 6.54 Å². The second-order valence-electron chi connectivity index (χ2n) is 5.43. The quantitative estimate of drug-likeness (QED) is 0.539. The first kappa shape index (κ1) is 17.9. The van der Waals surface area contributed by atoms with Crippen LogP contribution in [0.3, 0.4) is 0 Å². The number of amides is 1. The number of nitrogens with one attached hydrogen (secondary N) is 1. The molecule has 0 aliphatic heterocycles. The highest BCUT2D eigenvalue weighted by molar-refractivity contribution is 6.36. The summed E-state index contributed by atoms with van der Waals surface area (Å²) in [6.45, 7) is -0.271. The normalized spacial score (nSPS) is 10.7. The summed E-state index contributed by atoms with van der Waals surface area (Å²) in [5.41, 5.74) is 0.286. The van der Waals surface area contributed by atoms with E-state index in [1.807, 2.05) is 0 Å². The number of benzene rings is 2. The van der Waals surface area contributed by atoms with Gasteiger partial charge >= 0.3 is 0 Å². The van der Waals surface area contributed by atoms with Gasteiger partial charge in [-0.2, -0.15) is 0 Å². The highest BCUT2D eigenvalue weighted by Gasteiger charge is 2.13. The Balaban J connectivity index is 1.92. The summed E-state index contributed by atoms with van der Waals surface area (Å²) < 4.78 is 1.23. The fraction of sp³-hybridized carbons (Fsp3) is 0.0588. The number of hydrogen-bond donors (Lipinski definition) is 1. The van der Waals surface area contributed by atoms with Gasteiger partial charge in [0.25, 0.3) is 11.2 Å². The van der Waals surface area contributed by atoms with Crippen LogP contribution in [0.1, 0.15) is 0 Å². The van der Waals surface area contributed by atoms with Gasteiger partial charge in [0.2, 0.25) is 5.91 Å². The molecule has 0 aliphatic rings. The van der Waals surface area contributed by atoms with Crippen LogP contribution in [-0.4, -0.2) is 15.4 Å². The average molecular weight is 392 g/mol. The van der Waals surface area contributed by atoms with Crippen molar-refractivity contribution in [1.82, 2.24) is 4.57 Å². The van der Waals surface area contributed by atoms with Crippen molar-refractivity contribution in [2.75, 3.05) is 5.32 Å². The number of non-ortho nitro benzene ring substituents is 1. The Morgan fingerprint density at radius 2 is 1.88 bits per heavy atom. The Kier molecular flexibility index (Phi) is 4.92. The van der Waals surface area contributed by atoms with Gasteiger partial charge in [0.05, 0.1) is 21.2 Å². The molecular weight excluding hydrogens is 381 g/mol. The molecule has 0 bridgehead atoms. The van der Waals surface area contributed by atoms with E-state index in [0.29, 0.717) is 21.6 Å². The molecule has 26 heavy (non-hydrogen) atoms. The van der Waals surface area contributed by atoms with E-state index in [0.717, 1.165) is 0 Å². The van der Waals surface area contributed by atoms with E-state index in [4.69, 9.17) is 23.2 Å².